The molecule has 1 aromatic heterocycles. The molecule has 1 aliphatic rings. The van der Waals surface area contributed by atoms with Crippen molar-refractivity contribution in [2.75, 3.05) is 11.4 Å². The molecular weight excluding hydrogens is 336 g/mol. The number of hydrogen-bond acceptors (Lipinski definition) is 4. The molecule has 4 rings (SSSR count). The molecule has 0 fully saturated rings. The summed E-state index contributed by atoms with van der Waals surface area (Å²) in [6.07, 6.45) is 4.49. The molecule has 0 radical (unpaired) electrons. The van der Waals surface area contributed by atoms with E-state index in [4.69, 9.17) is 5.14 Å². The van der Waals surface area contributed by atoms with Gasteiger partial charge in [-0.05, 0) is 53.9 Å². The van der Waals surface area contributed by atoms with E-state index >= 15 is 0 Å². The van der Waals surface area contributed by atoms with Crippen molar-refractivity contribution in [1.82, 2.24) is 9.78 Å². The second-order valence-electron chi connectivity index (χ2n) is 6.12. The molecule has 0 atom stereocenters. The smallest absolute Gasteiger partial charge is 0.238 e. The van der Waals surface area contributed by atoms with Crippen molar-refractivity contribution in [3.05, 3.63) is 72.1 Å². The van der Waals surface area contributed by atoms with Crippen LogP contribution in [-0.2, 0) is 23.0 Å². The van der Waals surface area contributed by atoms with E-state index in [1.165, 1.54) is 5.56 Å². The van der Waals surface area contributed by atoms with E-state index in [0.717, 1.165) is 36.4 Å². The van der Waals surface area contributed by atoms with E-state index in [1.807, 2.05) is 35.1 Å². The van der Waals surface area contributed by atoms with Gasteiger partial charge in [-0.2, -0.15) is 5.10 Å². The Bertz CT molecular complexity index is 996. The van der Waals surface area contributed by atoms with E-state index < -0.39 is 10.0 Å². The summed E-state index contributed by atoms with van der Waals surface area (Å²) in [6.45, 7) is 1.64. The summed E-state index contributed by atoms with van der Waals surface area (Å²) in [5.41, 5.74) is 4.32. The van der Waals surface area contributed by atoms with Crippen molar-refractivity contribution in [2.45, 2.75) is 17.9 Å². The lowest BCUT2D eigenvalue weighted by molar-refractivity contribution is 0.597. The fourth-order valence-corrected chi connectivity index (χ4v) is 3.75. The molecule has 0 spiro atoms. The first-order valence-corrected chi connectivity index (χ1v) is 9.55. The summed E-state index contributed by atoms with van der Waals surface area (Å²) in [4.78, 5) is 2.43. The molecule has 0 aliphatic carbocycles. The highest BCUT2D eigenvalue weighted by atomic mass is 32.2. The Balaban J connectivity index is 1.54. The van der Waals surface area contributed by atoms with Crippen LogP contribution in [0.25, 0.3) is 5.69 Å². The van der Waals surface area contributed by atoms with Gasteiger partial charge < -0.3 is 4.90 Å². The minimum absolute atomic E-state index is 0.177. The highest BCUT2D eigenvalue weighted by Gasteiger charge is 2.21. The second kappa shape index (κ2) is 6.02. The van der Waals surface area contributed by atoms with Crippen molar-refractivity contribution in [3.63, 3.8) is 0 Å². The van der Waals surface area contributed by atoms with Crippen LogP contribution in [0.3, 0.4) is 0 Å². The van der Waals surface area contributed by atoms with Crippen LogP contribution in [0.2, 0.25) is 0 Å². The van der Waals surface area contributed by atoms with Gasteiger partial charge >= 0.3 is 0 Å². The van der Waals surface area contributed by atoms with E-state index in [1.54, 1.807) is 18.3 Å². The minimum Gasteiger partial charge on any atom is -0.367 e. The summed E-state index contributed by atoms with van der Waals surface area (Å²) in [5, 5.41) is 9.44. The van der Waals surface area contributed by atoms with Crippen LogP contribution in [0.15, 0.2) is 65.8 Å². The Labute approximate surface area is 146 Å². The Morgan fingerprint density at radius 3 is 2.60 bits per heavy atom. The molecule has 0 bridgehead atoms. The van der Waals surface area contributed by atoms with Crippen LogP contribution >= 0.6 is 0 Å². The van der Waals surface area contributed by atoms with Crippen LogP contribution in [-0.4, -0.2) is 24.7 Å². The second-order valence-corrected chi connectivity index (χ2v) is 7.69. The van der Waals surface area contributed by atoms with Crippen LogP contribution in [0.5, 0.6) is 0 Å². The van der Waals surface area contributed by atoms with Gasteiger partial charge in [-0.1, -0.05) is 12.1 Å². The molecule has 6 nitrogen and oxygen atoms in total. The number of anilines is 1. The summed E-state index contributed by atoms with van der Waals surface area (Å²) < 4.78 is 24.8. The van der Waals surface area contributed by atoms with Crippen molar-refractivity contribution < 1.29 is 8.42 Å². The summed E-state index contributed by atoms with van der Waals surface area (Å²) in [7, 11) is -3.65. The fraction of sp³-hybridized carbons (Fsp3) is 0.167. The molecule has 7 heteroatoms. The van der Waals surface area contributed by atoms with E-state index in [2.05, 4.69) is 22.1 Å². The molecule has 0 saturated carbocycles. The monoisotopic (exact) mass is 354 g/mol. The molecule has 2 N–H and O–H groups in total. The number of rotatable bonds is 4. The molecule has 3 aromatic rings. The molecule has 0 unspecified atom stereocenters. The van der Waals surface area contributed by atoms with E-state index in [0.29, 0.717) is 0 Å². The van der Waals surface area contributed by atoms with E-state index in [9.17, 15) is 8.42 Å². The zero-order chi connectivity index (χ0) is 17.4. The number of hydrogen-bond donors (Lipinski definition) is 1. The molecule has 25 heavy (non-hydrogen) atoms. The van der Waals surface area contributed by atoms with E-state index in [-0.39, 0.29) is 4.90 Å². The maximum Gasteiger partial charge on any atom is 0.238 e. The SMILES string of the molecule is NS(=O)(=O)c1ccc2c(c1)CCN2Cc1ccc(-n2cccn2)cc1. The Morgan fingerprint density at radius 1 is 1.12 bits per heavy atom. The van der Waals surface area contributed by atoms with Gasteiger partial charge in [0.1, 0.15) is 0 Å². The highest BCUT2D eigenvalue weighted by Crippen LogP contribution is 2.31. The maximum absolute atomic E-state index is 11.5. The molecule has 0 amide bonds. The predicted octanol–water partition coefficient (Wildman–Crippen LogP) is 2.08. The molecule has 128 valence electrons. The van der Waals surface area contributed by atoms with Gasteiger partial charge in [0, 0.05) is 31.2 Å². The van der Waals surface area contributed by atoms with Gasteiger partial charge in [0.05, 0.1) is 10.6 Å². The van der Waals surface area contributed by atoms with Gasteiger partial charge in [-0.15, -0.1) is 0 Å². The Kier molecular flexibility index (Phi) is 3.82. The van der Waals surface area contributed by atoms with Gasteiger partial charge in [-0.25, -0.2) is 18.2 Å². The third-order valence-corrected chi connectivity index (χ3v) is 5.36. The molecule has 2 heterocycles. The summed E-state index contributed by atoms with van der Waals surface area (Å²) in [5.74, 6) is 0. The van der Waals surface area contributed by atoms with Crippen molar-refractivity contribution in [3.8, 4) is 5.69 Å². The average molecular weight is 354 g/mol. The number of benzene rings is 2. The quantitative estimate of drug-likeness (QED) is 0.778. The lowest BCUT2D eigenvalue weighted by Gasteiger charge is -2.20. The first-order valence-electron chi connectivity index (χ1n) is 8.00. The average Bonchev–Trinajstić information content (AvgIpc) is 3.25. The lowest BCUT2D eigenvalue weighted by Crippen LogP contribution is -2.19. The molecule has 0 saturated heterocycles. The Hall–Kier alpha value is -2.64. The zero-order valence-electron chi connectivity index (χ0n) is 13.5. The van der Waals surface area contributed by atoms with Gasteiger partial charge in [0.2, 0.25) is 10.0 Å². The zero-order valence-corrected chi connectivity index (χ0v) is 14.4. The minimum atomic E-state index is -3.65. The summed E-state index contributed by atoms with van der Waals surface area (Å²) in [6, 6.07) is 15.3. The predicted molar refractivity (Wildman–Crippen MR) is 96.1 cm³/mol. The van der Waals surface area contributed by atoms with Gasteiger partial charge in [0.25, 0.3) is 0 Å². The molecule has 2 aromatic carbocycles. The number of nitrogens with zero attached hydrogens (tertiary/aromatic N) is 3. The van der Waals surface area contributed by atoms with Crippen LogP contribution in [0.1, 0.15) is 11.1 Å². The highest BCUT2D eigenvalue weighted by molar-refractivity contribution is 7.89. The summed E-state index contributed by atoms with van der Waals surface area (Å²) >= 11 is 0. The van der Waals surface area contributed by atoms with Crippen LogP contribution < -0.4 is 10.0 Å². The number of fused-ring (bicyclic) bond motifs is 1. The molecular formula is C18H18N4O2S. The van der Waals surface area contributed by atoms with Gasteiger partial charge in [0.15, 0.2) is 0 Å². The van der Waals surface area contributed by atoms with Crippen LogP contribution in [0.4, 0.5) is 5.69 Å². The first kappa shape index (κ1) is 15.9. The van der Waals surface area contributed by atoms with Gasteiger partial charge in [-0.3, -0.25) is 0 Å². The lowest BCUT2D eigenvalue weighted by atomic mass is 10.1. The largest absolute Gasteiger partial charge is 0.367 e. The first-order chi connectivity index (χ1) is 12.0. The molecule has 1 aliphatic heterocycles. The topological polar surface area (TPSA) is 81.2 Å². The number of nitrogens with two attached hydrogens (primary N) is 1. The third kappa shape index (κ3) is 3.16. The normalized spacial score (nSPS) is 13.9. The number of aromatic nitrogens is 2. The van der Waals surface area contributed by atoms with Crippen molar-refractivity contribution in [2.24, 2.45) is 5.14 Å². The third-order valence-electron chi connectivity index (χ3n) is 4.45. The van der Waals surface area contributed by atoms with Crippen molar-refractivity contribution in [1.29, 1.82) is 0 Å². The Morgan fingerprint density at radius 2 is 1.92 bits per heavy atom. The maximum atomic E-state index is 11.5. The number of sulfonamides is 1. The number of primary sulfonamides is 1. The standard InChI is InChI=1S/C18H18N4O2S/c19-25(23,24)17-6-7-18-15(12-17)8-11-21(18)13-14-2-4-16(5-3-14)22-10-1-9-20-22/h1-7,9-10,12H,8,11,13H2,(H2,19,23,24). The van der Waals surface area contributed by atoms with Crippen molar-refractivity contribution >= 4 is 15.7 Å². The fourth-order valence-electron chi connectivity index (χ4n) is 3.18. The van der Waals surface area contributed by atoms with Crippen LogP contribution in [0, 0.1) is 0 Å².